The standard InChI is InChI=1S/C18H27NO/c1-3-8-16(2)17-9-7-10-18(15-17)20-14-13-19-11-5-4-6-12-19/h7,9-10,15H,2-6,8,11-14H2,1H3. The zero-order valence-corrected chi connectivity index (χ0v) is 12.7. The van der Waals surface area contributed by atoms with Crippen LogP contribution in [0.25, 0.3) is 5.57 Å². The first-order valence-corrected chi connectivity index (χ1v) is 7.93. The van der Waals surface area contributed by atoms with Crippen molar-refractivity contribution in [2.24, 2.45) is 0 Å². The maximum atomic E-state index is 5.89. The maximum absolute atomic E-state index is 5.89. The molecule has 2 nitrogen and oxygen atoms in total. The van der Waals surface area contributed by atoms with Gasteiger partial charge in [0, 0.05) is 6.54 Å². The van der Waals surface area contributed by atoms with Gasteiger partial charge >= 0.3 is 0 Å². The Morgan fingerprint density at radius 1 is 1.25 bits per heavy atom. The van der Waals surface area contributed by atoms with Crippen LogP contribution >= 0.6 is 0 Å². The minimum absolute atomic E-state index is 0.781. The van der Waals surface area contributed by atoms with E-state index in [4.69, 9.17) is 4.74 Å². The smallest absolute Gasteiger partial charge is 0.119 e. The van der Waals surface area contributed by atoms with Crippen LogP contribution in [0.4, 0.5) is 0 Å². The third-order valence-electron chi connectivity index (χ3n) is 3.92. The van der Waals surface area contributed by atoms with Crippen LogP contribution in [0.15, 0.2) is 30.8 Å². The molecule has 1 aromatic carbocycles. The monoisotopic (exact) mass is 273 g/mol. The lowest BCUT2D eigenvalue weighted by molar-refractivity contribution is 0.183. The second-order valence-corrected chi connectivity index (χ2v) is 5.63. The average Bonchev–Trinajstić information content (AvgIpc) is 2.49. The van der Waals surface area contributed by atoms with E-state index >= 15 is 0 Å². The van der Waals surface area contributed by atoms with Crippen molar-refractivity contribution < 1.29 is 4.74 Å². The number of piperidine rings is 1. The van der Waals surface area contributed by atoms with Crippen molar-refractivity contribution in [2.75, 3.05) is 26.2 Å². The maximum Gasteiger partial charge on any atom is 0.119 e. The molecule has 20 heavy (non-hydrogen) atoms. The van der Waals surface area contributed by atoms with E-state index in [9.17, 15) is 0 Å². The third kappa shape index (κ3) is 4.68. The van der Waals surface area contributed by atoms with Crippen molar-refractivity contribution in [3.05, 3.63) is 36.4 Å². The molecule has 1 aromatic rings. The summed E-state index contributed by atoms with van der Waals surface area (Å²) in [5.41, 5.74) is 2.41. The molecule has 0 atom stereocenters. The molecule has 0 unspecified atom stereocenters. The second kappa shape index (κ2) is 8.11. The Labute approximate surface area is 123 Å². The van der Waals surface area contributed by atoms with Crippen molar-refractivity contribution in [3.8, 4) is 5.75 Å². The number of likely N-dealkylation sites (tertiary alicyclic amines) is 1. The largest absolute Gasteiger partial charge is 0.492 e. The number of allylic oxidation sites excluding steroid dienone is 1. The Bertz CT molecular complexity index is 421. The molecule has 0 amide bonds. The SMILES string of the molecule is C=C(CCC)c1cccc(OCCN2CCCCC2)c1. The third-order valence-corrected chi connectivity index (χ3v) is 3.92. The lowest BCUT2D eigenvalue weighted by Gasteiger charge is -2.26. The van der Waals surface area contributed by atoms with Gasteiger partial charge in [-0.15, -0.1) is 0 Å². The molecule has 1 fully saturated rings. The van der Waals surface area contributed by atoms with Crippen molar-refractivity contribution >= 4 is 5.57 Å². The highest BCUT2D eigenvalue weighted by Crippen LogP contribution is 2.22. The summed E-state index contributed by atoms with van der Waals surface area (Å²) >= 11 is 0. The molecule has 110 valence electrons. The summed E-state index contributed by atoms with van der Waals surface area (Å²) in [6.45, 7) is 10.6. The van der Waals surface area contributed by atoms with Gasteiger partial charge in [-0.25, -0.2) is 0 Å². The van der Waals surface area contributed by atoms with Crippen molar-refractivity contribution in [2.45, 2.75) is 39.0 Å². The van der Waals surface area contributed by atoms with Crippen LogP contribution < -0.4 is 4.74 Å². The lowest BCUT2D eigenvalue weighted by atomic mass is 10.0. The molecule has 0 N–H and O–H groups in total. The Morgan fingerprint density at radius 3 is 2.80 bits per heavy atom. The van der Waals surface area contributed by atoms with E-state index in [1.165, 1.54) is 43.5 Å². The highest BCUT2D eigenvalue weighted by Gasteiger charge is 2.09. The minimum atomic E-state index is 0.781. The second-order valence-electron chi connectivity index (χ2n) is 5.63. The van der Waals surface area contributed by atoms with Crippen LogP contribution in [-0.4, -0.2) is 31.1 Å². The van der Waals surface area contributed by atoms with Crippen LogP contribution in [0.2, 0.25) is 0 Å². The average molecular weight is 273 g/mol. The highest BCUT2D eigenvalue weighted by atomic mass is 16.5. The van der Waals surface area contributed by atoms with Crippen LogP contribution in [0.1, 0.15) is 44.6 Å². The van der Waals surface area contributed by atoms with E-state index in [-0.39, 0.29) is 0 Å². The minimum Gasteiger partial charge on any atom is -0.492 e. The van der Waals surface area contributed by atoms with Crippen molar-refractivity contribution in [1.29, 1.82) is 0 Å². The number of rotatable bonds is 7. The predicted octanol–water partition coefficient (Wildman–Crippen LogP) is 4.36. The van der Waals surface area contributed by atoms with Gasteiger partial charge < -0.3 is 4.74 Å². The van der Waals surface area contributed by atoms with Crippen LogP contribution in [-0.2, 0) is 0 Å². The highest BCUT2D eigenvalue weighted by molar-refractivity contribution is 5.64. The van der Waals surface area contributed by atoms with Gasteiger partial charge in [0.05, 0.1) is 0 Å². The van der Waals surface area contributed by atoms with E-state index in [0.717, 1.165) is 31.7 Å². The zero-order chi connectivity index (χ0) is 14.2. The lowest BCUT2D eigenvalue weighted by Crippen LogP contribution is -2.33. The van der Waals surface area contributed by atoms with E-state index < -0.39 is 0 Å². The molecular formula is C18H27NO. The van der Waals surface area contributed by atoms with E-state index in [2.05, 4.69) is 36.6 Å². The van der Waals surface area contributed by atoms with Gasteiger partial charge in [0.2, 0.25) is 0 Å². The van der Waals surface area contributed by atoms with Gasteiger partial charge in [-0.1, -0.05) is 38.5 Å². The van der Waals surface area contributed by atoms with Gasteiger partial charge in [-0.2, -0.15) is 0 Å². The quantitative estimate of drug-likeness (QED) is 0.731. The molecule has 1 aliphatic rings. The van der Waals surface area contributed by atoms with Crippen molar-refractivity contribution in [1.82, 2.24) is 4.90 Å². The van der Waals surface area contributed by atoms with Gasteiger partial charge in [0.1, 0.15) is 12.4 Å². The van der Waals surface area contributed by atoms with Gasteiger partial charge in [-0.3, -0.25) is 4.90 Å². The van der Waals surface area contributed by atoms with Crippen molar-refractivity contribution in [3.63, 3.8) is 0 Å². The Hall–Kier alpha value is -1.28. The Morgan fingerprint density at radius 2 is 2.05 bits per heavy atom. The summed E-state index contributed by atoms with van der Waals surface area (Å²) in [5.74, 6) is 0.969. The molecule has 1 aliphatic heterocycles. The molecule has 0 aliphatic carbocycles. The summed E-state index contributed by atoms with van der Waals surface area (Å²) in [5, 5.41) is 0. The number of hydrogen-bond acceptors (Lipinski definition) is 2. The first kappa shape index (κ1) is 15.1. The molecule has 1 heterocycles. The molecule has 0 spiro atoms. The molecule has 2 rings (SSSR count). The number of benzene rings is 1. The first-order valence-electron chi connectivity index (χ1n) is 7.93. The topological polar surface area (TPSA) is 12.5 Å². The fraction of sp³-hybridized carbons (Fsp3) is 0.556. The fourth-order valence-corrected chi connectivity index (χ4v) is 2.73. The Balaban J connectivity index is 1.80. The van der Waals surface area contributed by atoms with Crippen LogP contribution in [0.5, 0.6) is 5.75 Å². The van der Waals surface area contributed by atoms with Crippen LogP contribution in [0, 0.1) is 0 Å². The number of hydrogen-bond donors (Lipinski definition) is 0. The normalized spacial score (nSPS) is 16.1. The summed E-state index contributed by atoms with van der Waals surface area (Å²) in [6.07, 6.45) is 6.26. The van der Waals surface area contributed by atoms with E-state index in [1.54, 1.807) is 0 Å². The van der Waals surface area contributed by atoms with E-state index in [1.807, 2.05) is 6.07 Å². The van der Waals surface area contributed by atoms with Gasteiger partial charge in [-0.05, 0) is 55.6 Å². The van der Waals surface area contributed by atoms with E-state index in [0.29, 0.717) is 0 Å². The summed E-state index contributed by atoms with van der Waals surface area (Å²) in [6, 6.07) is 8.34. The predicted molar refractivity (Wildman–Crippen MR) is 86.2 cm³/mol. The zero-order valence-electron chi connectivity index (χ0n) is 12.7. The molecule has 0 bridgehead atoms. The summed E-state index contributed by atoms with van der Waals surface area (Å²) in [4.78, 5) is 2.50. The number of nitrogens with zero attached hydrogens (tertiary/aromatic N) is 1. The summed E-state index contributed by atoms with van der Waals surface area (Å²) < 4.78 is 5.89. The van der Waals surface area contributed by atoms with Crippen LogP contribution in [0.3, 0.4) is 0 Å². The molecule has 0 aromatic heterocycles. The first-order chi connectivity index (χ1) is 9.79. The summed E-state index contributed by atoms with van der Waals surface area (Å²) in [7, 11) is 0. The number of ether oxygens (including phenoxy) is 1. The fourth-order valence-electron chi connectivity index (χ4n) is 2.73. The molecule has 0 radical (unpaired) electrons. The van der Waals surface area contributed by atoms with Gasteiger partial charge in [0.15, 0.2) is 0 Å². The molecular weight excluding hydrogens is 246 g/mol. The van der Waals surface area contributed by atoms with Gasteiger partial charge in [0.25, 0.3) is 0 Å². The molecule has 2 heteroatoms. The molecule has 1 saturated heterocycles. The molecule has 0 saturated carbocycles. The Kier molecular flexibility index (Phi) is 6.13.